The van der Waals surface area contributed by atoms with Gasteiger partial charge in [0.05, 0.1) is 12.1 Å². The summed E-state index contributed by atoms with van der Waals surface area (Å²) >= 11 is 0. The van der Waals surface area contributed by atoms with E-state index in [4.69, 9.17) is 11.5 Å². The number of hydrogen-bond donors (Lipinski definition) is 11. The Balaban J connectivity index is 1.97. The first kappa shape index (κ1) is 39.6. The van der Waals surface area contributed by atoms with E-state index in [2.05, 4.69) is 47.5 Å². The first-order valence-corrected chi connectivity index (χ1v) is 17.1. The summed E-state index contributed by atoms with van der Waals surface area (Å²) < 4.78 is 0. The van der Waals surface area contributed by atoms with Gasteiger partial charge in [0.15, 0.2) is 0 Å². The van der Waals surface area contributed by atoms with Gasteiger partial charge in [0.25, 0.3) is 0 Å². The van der Waals surface area contributed by atoms with Crippen molar-refractivity contribution in [3.8, 4) is 0 Å². The molecular weight excluding hydrogens is 598 g/mol. The van der Waals surface area contributed by atoms with Crippen LogP contribution >= 0.6 is 0 Å². The van der Waals surface area contributed by atoms with E-state index in [0.717, 1.165) is 55.0 Å². The van der Waals surface area contributed by atoms with Crippen molar-refractivity contribution >= 4 is 29.0 Å². The largest absolute Gasteiger partial charge is 0.361 e. The molecule has 4 atom stereocenters. The van der Waals surface area contributed by atoms with Gasteiger partial charge in [-0.2, -0.15) is 0 Å². The van der Waals surface area contributed by atoms with Crippen LogP contribution in [-0.2, 0) is 6.42 Å². The molecule has 2 rings (SSSR count). The topological polar surface area (TPSA) is 215 Å². The first-order valence-electron chi connectivity index (χ1n) is 17.1. The summed E-state index contributed by atoms with van der Waals surface area (Å²) in [5, 5.41) is 25.3. The average Bonchev–Trinajstić information content (AvgIpc) is 3.46. The number of para-hydroxylation sites is 1. The van der Waals surface area contributed by atoms with Crippen molar-refractivity contribution in [2.24, 2.45) is 17.4 Å². The Morgan fingerprint density at radius 1 is 0.723 bits per heavy atom. The molecule has 0 saturated heterocycles. The van der Waals surface area contributed by atoms with E-state index in [1.807, 2.05) is 58.4 Å². The molecule has 0 aliphatic rings. The van der Waals surface area contributed by atoms with Gasteiger partial charge in [-0.05, 0) is 76.8 Å². The number of aromatic amines is 1. The lowest BCUT2D eigenvalue weighted by Gasteiger charge is -2.25. The van der Waals surface area contributed by atoms with Crippen LogP contribution in [0.5, 0.6) is 0 Å². The summed E-state index contributed by atoms with van der Waals surface area (Å²) in [7, 11) is 3.73. The van der Waals surface area contributed by atoms with Gasteiger partial charge in [-0.3, -0.25) is 0 Å². The van der Waals surface area contributed by atoms with E-state index in [1.165, 1.54) is 0 Å². The van der Waals surface area contributed by atoms with Crippen LogP contribution < -0.4 is 54.0 Å². The van der Waals surface area contributed by atoms with Crippen molar-refractivity contribution in [3.05, 3.63) is 36.0 Å². The molecule has 0 saturated carbocycles. The number of amides is 6. The lowest BCUT2D eigenvalue weighted by molar-refractivity contribution is 0.223. The zero-order valence-electron chi connectivity index (χ0n) is 28.8. The molecule has 2 aromatic rings. The van der Waals surface area contributed by atoms with E-state index in [9.17, 15) is 14.4 Å². The third-order valence-electron chi connectivity index (χ3n) is 8.31. The van der Waals surface area contributed by atoms with Gasteiger partial charge in [-0.1, -0.05) is 44.9 Å². The zero-order chi connectivity index (χ0) is 34.4. The van der Waals surface area contributed by atoms with Crippen LogP contribution in [0.4, 0.5) is 14.4 Å². The van der Waals surface area contributed by atoms with Crippen LogP contribution in [0.3, 0.4) is 0 Å². The fourth-order valence-corrected chi connectivity index (χ4v) is 5.41. The number of carbonyl (C=O) groups is 3. The van der Waals surface area contributed by atoms with Crippen molar-refractivity contribution in [1.82, 2.24) is 47.5 Å². The second kappa shape index (κ2) is 22.9. The van der Waals surface area contributed by atoms with Crippen LogP contribution in [0.2, 0.25) is 0 Å². The number of benzene rings is 1. The average molecular weight is 660 g/mol. The minimum absolute atomic E-state index is 0.0145. The molecule has 13 N–H and O–H groups in total. The monoisotopic (exact) mass is 659 g/mol. The molecule has 1 aromatic heterocycles. The highest BCUT2D eigenvalue weighted by Crippen LogP contribution is 2.19. The van der Waals surface area contributed by atoms with E-state index in [1.54, 1.807) is 0 Å². The summed E-state index contributed by atoms with van der Waals surface area (Å²) in [6.45, 7) is 6.85. The Bertz CT molecular complexity index is 1180. The molecule has 0 aliphatic heterocycles. The predicted octanol–water partition coefficient (Wildman–Crippen LogP) is 1.44. The molecule has 1 unspecified atom stereocenters. The molecule has 0 radical (unpaired) electrons. The molecule has 6 amide bonds. The molecule has 1 heterocycles. The lowest BCUT2D eigenvalue weighted by atomic mass is 10.0. The SMILES string of the molecule is CNC[C@H](CCCCN)NC(=O)NCC(NC(=O)NC[C@H](Cc1c[nH]c2ccccc12)NC(=O)NC[C@H](CCCCN)NC)C(C)C. The minimum Gasteiger partial charge on any atom is -0.361 e. The maximum atomic E-state index is 13.1. The van der Waals surface area contributed by atoms with Crippen molar-refractivity contribution in [2.45, 2.75) is 83.0 Å². The third kappa shape index (κ3) is 15.7. The highest BCUT2D eigenvalue weighted by atomic mass is 16.2. The van der Waals surface area contributed by atoms with Gasteiger partial charge in [0.1, 0.15) is 0 Å². The Morgan fingerprint density at radius 2 is 1.30 bits per heavy atom. The summed E-state index contributed by atoms with van der Waals surface area (Å²) in [4.78, 5) is 42.0. The smallest absolute Gasteiger partial charge is 0.315 e. The molecule has 0 bridgehead atoms. The molecule has 14 nitrogen and oxygen atoms in total. The number of unbranched alkanes of at least 4 members (excludes halogenated alkanes) is 2. The van der Waals surface area contributed by atoms with Crippen LogP contribution in [0, 0.1) is 5.92 Å². The second-order valence-electron chi connectivity index (χ2n) is 12.5. The van der Waals surface area contributed by atoms with Crippen LogP contribution in [0.25, 0.3) is 10.9 Å². The number of hydrogen-bond acceptors (Lipinski definition) is 7. The normalized spacial score (nSPS) is 13.9. The van der Waals surface area contributed by atoms with Gasteiger partial charge in [0, 0.05) is 55.4 Å². The molecule has 0 aliphatic carbocycles. The Kier molecular flexibility index (Phi) is 19.3. The van der Waals surface area contributed by atoms with Crippen molar-refractivity contribution in [3.63, 3.8) is 0 Å². The van der Waals surface area contributed by atoms with Gasteiger partial charge < -0.3 is 59.0 Å². The van der Waals surface area contributed by atoms with Gasteiger partial charge >= 0.3 is 18.1 Å². The summed E-state index contributed by atoms with van der Waals surface area (Å²) in [5.41, 5.74) is 13.3. The standard InChI is InChI=1S/C33H61N11O3/c1-23(2)30(22-41-32(46)42-26(19-36-3)12-8-10-16-35)44-33(47)40-21-27(17-24-18-38-29-14-6-5-13-28(24)29)43-31(45)39-20-25(37-4)11-7-9-15-34/h5-6,13-14,18,23,25-27,30,36-38H,7-12,15-17,19-22,34-35H2,1-4H3,(H2,39,43,45)(H2,40,44,47)(H2,41,42,46)/t25-,26-,27-,30?/m0/s1. The van der Waals surface area contributed by atoms with Crippen LogP contribution in [-0.4, -0.2) is 101 Å². The number of fused-ring (bicyclic) bond motifs is 1. The molecule has 0 spiro atoms. The molecular formula is C33H61N11O3. The maximum Gasteiger partial charge on any atom is 0.315 e. The number of likely N-dealkylation sites (N-methyl/N-ethyl adjacent to an activating group) is 2. The quantitative estimate of drug-likeness (QED) is 0.0789. The van der Waals surface area contributed by atoms with Crippen molar-refractivity contribution < 1.29 is 14.4 Å². The number of nitrogens with one attached hydrogen (secondary N) is 9. The zero-order valence-corrected chi connectivity index (χ0v) is 28.8. The summed E-state index contributed by atoms with van der Waals surface area (Å²) in [6.07, 6.45) is 7.96. The van der Waals surface area contributed by atoms with Crippen LogP contribution in [0.1, 0.15) is 57.9 Å². The third-order valence-corrected chi connectivity index (χ3v) is 8.31. The van der Waals surface area contributed by atoms with Crippen molar-refractivity contribution in [1.29, 1.82) is 0 Å². The highest BCUT2D eigenvalue weighted by Gasteiger charge is 2.21. The number of rotatable bonds is 23. The van der Waals surface area contributed by atoms with Gasteiger partial charge in [0.2, 0.25) is 0 Å². The fraction of sp³-hybridized carbons (Fsp3) is 0.667. The van der Waals surface area contributed by atoms with E-state index in [-0.39, 0.29) is 61.3 Å². The minimum atomic E-state index is -0.380. The molecule has 266 valence electrons. The van der Waals surface area contributed by atoms with E-state index < -0.39 is 0 Å². The number of urea groups is 3. The first-order chi connectivity index (χ1) is 22.7. The summed E-state index contributed by atoms with van der Waals surface area (Å²) in [6, 6.07) is 6.48. The van der Waals surface area contributed by atoms with Crippen LogP contribution in [0.15, 0.2) is 30.5 Å². The molecule has 14 heteroatoms. The number of H-pyrrole nitrogens is 1. The second-order valence-corrected chi connectivity index (χ2v) is 12.5. The predicted molar refractivity (Wildman–Crippen MR) is 190 cm³/mol. The number of nitrogens with two attached hydrogens (primary N) is 2. The van der Waals surface area contributed by atoms with Gasteiger partial charge in [-0.15, -0.1) is 0 Å². The molecule has 0 fully saturated rings. The Hall–Kier alpha value is -3.59. The lowest BCUT2D eigenvalue weighted by Crippen LogP contribution is -2.55. The fourth-order valence-electron chi connectivity index (χ4n) is 5.41. The molecule has 47 heavy (non-hydrogen) atoms. The number of carbonyl (C=O) groups excluding carboxylic acids is 3. The number of aromatic nitrogens is 1. The van der Waals surface area contributed by atoms with E-state index >= 15 is 0 Å². The van der Waals surface area contributed by atoms with Gasteiger partial charge in [-0.25, -0.2) is 14.4 Å². The Morgan fingerprint density at radius 3 is 1.91 bits per heavy atom. The Labute approximate surface area is 280 Å². The molecule has 1 aromatic carbocycles. The summed E-state index contributed by atoms with van der Waals surface area (Å²) in [5.74, 6) is 0.0644. The van der Waals surface area contributed by atoms with Crippen molar-refractivity contribution in [2.75, 3.05) is 53.4 Å². The van der Waals surface area contributed by atoms with E-state index in [0.29, 0.717) is 32.6 Å². The maximum absolute atomic E-state index is 13.1. The highest BCUT2D eigenvalue weighted by molar-refractivity contribution is 5.83.